The summed E-state index contributed by atoms with van der Waals surface area (Å²) in [7, 11) is 0. The first-order chi connectivity index (χ1) is 8.36. The molecule has 0 bridgehead atoms. The van der Waals surface area contributed by atoms with Crippen LogP contribution in [0.4, 0.5) is 0 Å². The van der Waals surface area contributed by atoms with Gasteiger partial charge in [0.2, 0.25) is 0 Å². The molecule has 0 spiro atoms. The molecule has 3 atom stereocenters. The molecular weight excluding hydrogens is 212 g/mol. The van der Waals surface area contributed by atoms with Crippen LogP contribution in [0.1, 0.15) is 29.7 Å². The van der Waals surface area contributed by atoms with Gasteiger partial charge in [0.15, 0.2) is 0 Å². The lowest BCUT2D eigenvalue weighted by molar-refractivity contribution is 0.146. The summed E-state index contributed by atoms with van der Waals surface area (Å²) in [5, 5.41) is 10.2. The van der Waals surface area contributed by atoms with Gasteiger partial charge in [-0.15, -0.1) is 0 Å². The van der Waals surface area contributed by atoms with Crippen molar-refractivity contribution in [1.82, 2.24) is 9.97 Å². The summed E-state index contributed by atoms with van der Waals surface area (Å²) in [5.74, 6) is 0.772. The third kappa shape index (κ3) is 2.06. The number of aliphatic hydroxyl groups excluding tert-OH is 1. The summed E-state index contributed by atoms with van der Waals surface area (Å²) < 4.78 is 0. The molecule has 0 radical (unpaired) electrons. The van der Waals surface area contributed by atoms with Crippen LogP contribution in [0, 0.1) is 5.92 Å². The van der Waals surface area contributed by atoms with E-state index in [-0.39, 0.29) is 0 Å². The molecule has 17 heavy (non-hydrogen) atoms. The number of aliphatic hydroxyl groups is 1. The first-order valence-corrected chi connectivity index (χ1v) is 5.85. The highest BCUT2D eigenvalue weighted by Crippen LogP contribution is 2.53. The molecule has 1 heterocycles. The van der Waals surface area contributed by atoms with Gasteiger partial charge in [0.25, 0.3) is 0 Å². The Labute approximate surface area is 100 Å². The van der Waals surface area contributed by atoms with E-state index in [1.54, 1.807) is 12.3 Å². The zero-order valence-corrected chi connectivity index (χ0v) is 9.40. The van der Waals surface area contributed by atoms with Crippen molar-refractivity contribution >= 4 is 0 Å². The summed E-state index contributed by atoms with van der Waals surface area (Å²) in [4.78, 5) is 7.97. The number of aromatic nitrogens is 2. The molecule has 86 valence electrons. The maximum atomic E-state index is 10.2. The fourth-order valence-electron chi connectivity index (χ4n) is 2.34. The SMILES string of the molecule is OC(c1ccncn1)C1CC1c1ccccc1. The maximum Gasteiger partial charge on any atom is 0.115 e. The molecule has 0 saturated heterocycles. The lowest BCUT2D eigenvalue weighted by Crippen LogP contribution is -2.03. The molecule has 1 saturated carbocycles. The van der Waals surface area contributed by atoms with Crippen molar-refractivity contribution in [3.05, 3.63) is 60.2 Å². The molecule has 0 aliphatic heterocycles. The number of benzene rings is 1. The summed E-state index contributed by atoms with van der Waals surface area (Å²) in [6, 6.07) is 12.1. The van der Waals surface area contributed by atoms with Crippen LogP contribution in [-0.4, -0.2) is 15.1 Å². The van der Waals surface area contributed by atoms with Crippen LogP contribution in [0.3, 0.4) is 0 Å². The van der Waals surface area contributed by atoms with Gasteiger partial charge in [-0.2, -0.15) is 0 Å². The zero-order chi connectivity index (χ0) is 11.7. The van der Waals surface area contributed by atoms with Gasteiger partial charge in [-0.05, 0) is 29.9 Å². The Bertz CT molecular complexity index is 486. The molecule has 3 nitrogen and oxygen atoms in total. The Morgan fingerprint density at radius 3 is 2.71 bits per heavy atom. The quantitative estimate of drug-likeness (QED) is 0.873. The molecule has 3 rings (SSSR count). The molecule has 3 unspecified atom stereocenters. The van der Waals surface area contributed by atoms with Crippen LogP contribution in [0.2, 0.25) is 0 Å². The second-order valence-corrected chi connectivity index (χ2v) is 4.50. The van der Waals surface area contributed by atoms with Gasteiger partial charge in [-0.3, -0.25) is 0 Å². The molecule has 1 aromatic carbocycles. The molecule has 3 heteroatoms. The minimum Gasteiger partial charge on any atom is -0.386 e. The monoisotopic (exact) mass is 226 g/mol. The highest BCUT2D eigenvalue weighted by atomic mass is 16.3. The van der Waals surface area contributed by atoms with Crippen LogP contribution in [0.5, 0.6) is 0 Å². The standard InChI is InChI=1S/C14H14N2O/c17-14(13-6-7-15-9-16-13)12-8-11(12)10-4-2-1-3-5-10/h1-7,9,11-12,14,17H,8H2. The minimum atomic E-state index is -0.469. The lowest BCUT2D eigenvalue weighted by atomic mass is 10.1. The van der Waals surface area contributed by atoms with Gasteiger partial charge < -0.3 is 5.11 Å². The second-order valence-electron chi connectivity index (χ2n) is 4.50. The van der Waals surface area contributed by atoms with Gasteiger partial charge in [0.05, 0.1) is 11.8 Å². The topological polar surface area (TPSA) is 46.0 Å². The predicted molar refractivity (Wildman–Crippen MR) is 64.3 cm³/mol. The van der Waals surface area contributed by atoms with Crippen molar-refractivity contribution in [2.75, 3.05) is 0 Å². The van der Waals surface area contributed by atoms with E-state index in [1.165, 1.54) is 11.9 Å². The van der Waals surface area contributed by atoms with Gasteiger partial charge in [0, 0.05) is 6.20 Å². The van der Waals surface area contributed by atoms with Crippen molar-refractivity contribution in [3.63, 3.8) is 0 Å². The first-order valence-electron chi connectivity index (χ1n) is 5.85. The fourth-order valence-corrected chi connectivity index (χ4v) is 2.34. The largest absolute Gasteiger partial charge is 0.386 e. The summed E-state index contributed by atoms with van der Waals surface area (Å²) in [5.41, 5.74) is 2.04. The van der Waals surface area contributed by atoms with E-state index >= 15 is 0 Å². The van der Waals surface area contributed by atoms with Gasteiger partial charge >= 0.3 is 0 Å². The summed E-state index contributed by atoms with van der Waals surface area (Å²) >= 11 is 0. The highest BCUT2D eigenvalue weighted by molar-refractivity contribution is 5.27. The third-order valence-corrected chi connectivity index (χ3v) is 3.38. The Balaban J connectivity index is 1.73. The van der Waals surface area contributed by atoms with Gasteiger partial charge in [-0.1, -0.05) is 30.3 Å². The lowest BCUT2D eigenvalue weighted by Gasteiger charge is -2.09. The van der Waals surface area contributed by atoms with Crippen molar-refractivity contribution in [3.8, 4) is 0 Å². The molecule has 1 aromatic heterocycles. The molecule has 1 aliphatic carbocycles. The molecule has 2 aromatic rings. The number of hydrogen-bond acceptors (Lipinski definition) is 3. The second kappa shape index (κ2) is 4.26. The number of nitrogens with zero attached hydrogens (tertiary/aromatic N) is 2. The smallest absolute Gasteiger partial charge is 0.115 e. The van der Waals surface area contributed by atoms with Gasteiger partial charge in [0.1, 0.15) is 6.33 Å². The first kappa shape index (κ1) is 10.4. The average molecular weight is 226 g/mol. The van der Waals surface area contributed by atoms with E-state index in [4.69, 9.17) is 0 Å². The zero-order valence-electron chi connectivity index (χ0n) is 9.40. The minimum absolute atomic E-state index is 0.298. The van der Waals surface area contributed by atoms with E-state index in [2.05, 4.69) is 22.1 Å². The van der Waals surface area contributed by atoms with E-state index in [9.17, 15) is 5.11 Å². The van der Waals surface area contributed by atoms with Crippen molar-refractivity contribution < 1.29 is 5.11 Å². The normalized spacial score (nSPS) is 24.3. The predicted octanol–water partition coefficient (Wildman–Crippen LogP) is 2.31. The number of rotatable bonds is 3. The van der Waals surface area contributed by atoms with Crippen LogP contribution in [-0.2, 0) is 0 Å². The Hall–Kier alpha value is -1.74. The average Bonchev–Trinajstić information content (AvgIpc) is 3.20. The van der Waals surface area contributed by atoms with Crippen LogP contribution < -0.4 is 0 Å². The number of hydrogen-bond donors (Lipinski definition) is 1. The highest BCUT2D eigenvalue weighted by Gasteiger charge is 2.44. The van der Waals surface area contributed by atoms with E-state index in [1.807, 2.05) is 18.2 Å². The third-order valence-electron chi connectivity index (χ3n) is 3.38. The van der Waals surface area contributed by atoms with Crippen molar-refractivity contribution in [2.45, 2.75) is 18.4 Å². The molecule has 1 fully saturated rings. The molecule has 1 N–H and O–H groups in total. The van der Waals surface area contributed by atoms with Crippen molar-refractivity contribution in [1.29, 1.82) is 0 Å². The van der Waals surface area contributed by atoms with Crippen LogP contribution >= 0.6 is 0 Å². The Kier molecular flexibility index (Phi) is 2.61. The summed E-state index contributed by atoms with van der Waals surface area (Å²) in [6.07, 6.45) is 3.72. The summed E-state index contributed by atoms with van der Waals surface area (Å²) in [6.45, 7) is 0. The van der Waals surface area contributed by atoms with E-state index < -0.39 is 6.10 Å². The van der Waals surface area contributed by atoms with E-state index in [0.717, 1.165) is 12.1 Å². The van der Waals surface area contributed by atoms with Crippen LogP contribution in [0.15, 0.2) is 48.9 Å². The maximum absolute atomic E-state index is 10.2. The molecular formula is C14H14N2O. The molecule has 1 aliphatic rings. The molecule has 0 amide bonds. The van der Waals surface area contributed by atoms with Crippen molar-refractivity contribution in [2.24, 2.45) is 5.92 Å². The Morgan fingerprint density at radius 2 is 2.00 bits per heavy atom. The fraction of sp³-hybridized carbons (Fsp3) is 0.286. The van der Waals surface area contributed by atoms with Gasteiger partial charge in [-0.25, -0.2) is 9.97 Å². The van der Waals surface area contributed by atoms with E-state index in [0.29, 0.717) is 11.8 Å². The Morgan fingerprint density at radius 1 is 1.18 bits per heavy atom. The van der Waals surface area contributed by atoms with Crippen LogP contribution in [0.25, 0.3) is 0 Å².